The third kappa shape index (κ3) is 2.75. The van der Waals surface area contributed by atoms with Crippen molar-refractivity contribution in [2.45, 2.75) is 0 Å². The number of nitrogens with zero attached hydrogens (tertiary/aromatic N) is 1. The number of benzene rings is 1. The van der Waals surface area contributed by atoms with Crippen molar-refractivity contribution in [3.05, 3.63) is 52.9 Å². The summed E-state index contributed by atoms with van der Waals surface area (Å²) in [5.41, 5.74) is 6.06. The van der Waals surface area contributed by atoms with Crippen LogP contribution in [0.1, 0.15) is 10.4 Å². The fraction of sp³-hybridized carbons (Fsp3) is 0. The maximum atomic E-state index is 13.2. The monoisotopic (exact) mass is 265 g/mol. The first kappa shape index (κ1) is 12.3. The van der Waals surface area contributed by atoms with E-state index in [9.17, 15) is 9.18 Å². The summed E-state index contributed by atoms with van der Waals surface area (Å²) in [6.07, 6.45) is 1.34. The highest BCUT2D eigenvalue weighted by Gasteiger charge is 2.08. The van der Waals surface area contributed by atoms with Crippen LogP contribution in [-0.2, 0) is 0 Å². The van der Waals surface area contributed by atoms with Gasteiger partial charge in [0.25, 0.3) is 5.91 Å². The maximum absolute atomic E-state index is 13.2. The molecule has 6 heteroatoms. The SMILES string of the molecule is Nc1ccc(C(=O)Nc2ccc(Cl)c(F)c2)cn1. The highest BCUT2D eigenvalue weighted by Crippen LogP contribution is 2.19. The first-order chi connectivity index (χ1) is 8.56. The van der Waals surface area contributed by atoms with Crippen molar-refractivity contribution in [1.82, 2.24) is 4.98 Å². The van der Waals surface area contributed by atoms with Gasteiger partial charge in [0.2, 0.25) is 0 Å². The van der Waals surface area contributed by atoms with Crippen LogP contribution in [0.4, 0.5) is 15.9 Å². The molecule has 0 aliphatic rings. The van der Waals surface area contributed by atoms with Gasteiger partial charge in [-0.05, 0) is 30.3 Å². The Kier molecular flexibility index (Phi) is 3.43. The second-order valence-corrected chi connectivity index (χ2v) is 3.96. The fourth-order valence-corrected chi connectivity index (χ4v) is 1.43. The van der Waals surface area contributed by atoms with Crippen LogP contribution in [0.25, 0.3) is 0 Å². The van der Waals surface area contributed by atoms with Gasteiger partial charge in [0.15, 0.2) is 0 Å². The Hall–Kier alpha value is -2.14. The number of amides is 1. The molecule has 0 unspecified atom stereocenters. The average Bonchev–Trinajstić information content (AvgIpc) is 2.34. The van der Waals surface area contributed by atoms with Gasteiger partial charge >= 0.3 is 0 Å². The van der Waals surface area contributed by atoms with Gasteiger partial charge in [-0.15, -0.1) is 0 Å². The van der Waals surface area contributed by atoms with Crippen molar-refractivity contribution in [2.75, 3.05) is 11.1 Å². The standard InChI is InChI=1S/C12H9ClFN3O/c13-9-3-2-8(5-10(9)14)17-12(18)7-1-4-11(15)16-6-7/h1-6H,(H2,15,16)(H,17,18). The van der Waals surface area contributed by atoms with Crippen LogP contribution in [0.2, 0.25) is 5.02 Å². The molecule has 1 aromatic carbocycles. The summed E-state index contributed by atoms with van der Waals surface area (Å²) in [7, 11) is 0. The molecule has 0 atom stereocenters. The van der Waals surface area contributed by atoms with Gasteiger partial charge in [0.05, 0.1) is 10.6 Å². The molecule has 0 saturated heterocycles. The summed E-state index contributed by atoms with van der Waals surface area (Å²) < 4.78 is 13.2. The van der Waals surface area contributed by atoms with Crippen molar-refractivity contribution in [3.8, 4) is 0 Å². The molecule has 18 heavy (non-hydrogen) atoms. The van der Waals surface area contributed by atoms with Crippen molar-refractivity contribution in [3.63, 3.8) is 0 Å². The van der Waals surface area contributed by atoms with E-state index in [-0.39, 0.29) is 5.02 Å². The second-order valence-electron chi connectivity index (χ2n) is 3.55. The highest BCUT2D eigenvalue weighted by atomic mass is 35.5. The number of nitrogen functional groups attached to an aromatic ring is 1. The van der Waals surface area contributed by atoms with Gasteiger partial charge in [-0.25, -0.2) is 9.37 Å². The molecule has 0 fully saturated rings. The van der Waals surface area contributed by atoms with Crippen LogP contribution in [0.3, 0.4) is 0 Å². The van der Waals surface area contributed by atoms with Crippen LogP contribution < -0.4 is 11.1 Å². The fourth-order valence-electron chi connectivity index (χ4n) is 1.32. The first-order valence-corrected chi connectivity index (χ1v) is 5.42. The molecule has 2 rings (SSSR count). The van der Waals surface area contributed by atoms with E-state index in [2.05, 4.69) is 10.3 Å². The molecule has 4 nitrogen and oxygen atoms in total. The minimum Gasteiger partial charge on any atom is -0.384 e. The predicted octanol–water partition coefficient (Wildman–Crippen LogP) is 2.71. The summed E-state index contributed by atoms with van der Waals surface area (Å²) in [5.74, 6) is -0.668. The van der Waals surface area contributed by atoms with Crippen molar-refractivity contribution in [2.24, 2.45) is 0 Å². The topological polar surface area (TPSA) is 68.0 Å². The summed E-state index contributed by atoms with van der Waals surface area (Å²) >= 11 is 5.54. The molecule has 2 aromatic rings. The number of carbonyl (C=O) groups is 1. The number of nitrogens with one attached hydrogen (secondary N) is 1. The molecule has 0 radical (unpaired) electrons. The maximum Gasteiger partial charge on any atom is 0.257 e. The van der Waals surface area contributed by atoms with Crippen molar-refractivity contribution < 1.29 is 9.18 Å². The molecule has 1 heterocycles. The Balaban J connectivity index is 2.16. The molecule has 0 bridgehead atoms. The van der Waals surface area contributed by atoms with E-state index in [0.29, 0.717) is 17.1 Å². The van der Waals surface area contributed by atoms with Gasteiger partial charge < -0.3 is 11.1 Å². The lowest BCUT2D eigenvalue weighted by Gasteiger charge is -2.05. The summed E-state index contributed by atoms with van der Waals surface area (Å²) in [6, 6.07) is 7.06. The molecular weight excluding hydrogens is 257 g/mol. The zero-order valence-electron chi connectivity index (χ0n) is 9.15. The molecule has 3 N–H and O–H groups in total. The van der Waals surface area contributed by atoms with Crippen LogP contribution in [0, 0.1) is 5.82 Å². The normalized spacial score (nSPS) is 10.1. The smallest absolute Gasteiger partial charge is 0.257 e. The molecule has 1 aromatic heterocycles. The lowest BCUT2D eigenvalue weighted by atomic mass is 10.2. The number of carbonyl (C=O) groups excluding carboxylic acids is 1. The molecule has 0 aliphatic heterocycles. The summed E-state index contributed by atoms with van der Waals surface area (Å²) in [4.78, 5) is 15.6. The van der Waals surface area contributed by atoms with E-state index in [1.54, 1.807) is 0 Å². The molecule has 1 amide bonds. The Morgan fingerprint density at radius 2 is 2.11 bits per heavy atom. The van der Waals surface area contributed by atoms with E-state index < -0.39 is 11.7 Å². The van der Waals surface area contributed by atoms with Gasteiger partial charge in [-0.3, -0.25) is 4.79 Å². The van der Waals surface area contributed by atoms with E-state index in [1.807, 2.05) is 0 Å². The van der Waals surface area contributed by atoms with E-state index in [0.717, 1.165) is 6.07 Å². The largest absolute Gasteiger partial charge is 0.384 e. The van der Waals surface area contributed by atoms with Crippen molar-refractivity contribution >= 4 is 29.0 Å². The van der Waals surface area contributed by atoms with Crippen LogP contribution in [0.15, 0.2) is 36.5 Å². The minimum atomic E-state index is -0.593. The Labute approximate surface area is 108 Å². The average molecular weight is 266 g/mol. The second kappa shape index (κ2) is 5.01. The molecule has 0 spiro atoms. The van der Waals surface area contributed by atoms with Crippen LogP contribution in [0.5, 0.6) is 0 Å². The lowest BCUT2D eigenvalue weighted by molar-refractivity contribution is 0.102. The number of pyridine rings is 1. The number of hydrogen-bond acceptors (Lipinski definition) is 3. The zero-order chi connectivity index (χ0) is 13.1. The van der Waals surface area contributed by atoms with Gasteiger partial charge in [-0.1, -0.05) is 11.6 Å². The zero-order valence-corrected chi connectivity index (χ0v) is 9.91. The number of anilines is 2. The number of aromatic nitrogens is 1. The molecule has 92 valence electrons. The Morgan fingerprint density at radius 1 is 1.33 bits per heavy atom. The third-order valence-electron chi connectivity index (χ3n) is 2.23. The molecule has 0 aliphatic carbocycles. The lowest BCUT2D eigenvalue weighted by Crippen LogP contribution is -2.12. The quantitative estimate of drug-likeness (QED) is 0.877. The predicted molar refractivity (Wildman–Crippen MR) is 68.0 cm³/mol. The van der Waals surface area contributed by atoms with E-state index in [1.165, 1.54) is 30.5 Å². The van der Waals surface area contributed by atoms with E-state index >= 15 is 0 Å². The minimum absolute atomic E-state index is 0.00199. The van der Waals surface area contributed by atoms with Crippen molar-refractivity contribution in [1.29, 1.82) is 0 Å². The summed E-state index contributed by atoms with van der Waals surface area (Å²) in [6.45, 7) is 0. The number of nitrogens with two attached hydrogens (primary N) is 1. The van der Waals surface area contributed by atoms with Gasteiger partial charge in [-0.2, -0.15) is 0 Å². The Morgan fingerprint density at radius 3 is 2.72 bits per heavy atom. The van der Waals surface area contributed by atoms with Gasteiger partial charge in [0, 0.05) is 11.9 Å². The Bertz CT molecular complexity index is 586. The number of rotatable bonds is 2. The molecule has 0 saturated carbocycles. The number of halogens is 2. The molecular formula is C12H9ClFN3O. The number of hydrogen-bond donors (Lipinski definition) is 2. The van der Waals surface area contributed by atoms with Crippen LogP contribution in [-0.4, -0.2) is 10.9 Å². The summed E-state index contributed by atoms with van der Waals surface area (Å²) in [5, 5.41) is 2.53. The highest BCUT2D eigenvalue weighted by molar-refractivity contribution is 6.30. The van der Waals surface area contributed by atoms with Gasteiger partial charge in [0.1, 0.15) is 11.6 Å². The third-order valence-corrected chi connectivity index (χ3v) is 2.53. The van der Waals surface area contributed by atoms with E-state index in [4.69, 9.17) is 17.3 Å². The first-order valence-electron chi connectivity index (χ1n) is 5.04. The van der Waals surface area contributed by atoms with Crippen LogP contribution >= 0.6 is 11.6 Å².